The highest BCUT2D eigenvalue weighted by Crippen LogP contribution is 2.26. The second-order valence-electron chi connectivity index (χ2n) is 6.52. The van der Waals surface area contributed by atoms with Crippen molar-refractivity contribution in [2.24, 2.45) is 4.99 Å². The van der Waals surface area contributed by atoms with Gasteiger partial charge in [-0.05, 0) is 50.2 Å². The summed E-state index contributed by atoms with van der Waals surface area (Å²) in [6.07, 6.45) is 0.391. The second-order valence-corrected chi connectivity index (χ2v) is 7.71. The van der Waals surface area contributed by atoms with Crippen LogP contribution in [-0.2, 0) is 11.2 Å². The number of amidine groups is 1. The third-order valence-electron chi connectivity index (χ3n) is 4.26. The summed E-state index contributed by atoms with van der Waals surface area (Å²) in [6.45, 7) is 3.80. The highest BCUT2D eigenvalue weighted by atomic mass is 32.2. The Morgan fingerprint density at radius 1 is 1.14 bits per heavy atom. The van der Waals surface area contributed by atoms with Crippen molar-refractivity contribution in [1.29, 1.82) is 0 Å². The van der Waals surface area contributed by atoms with Gasteiger partial charge in [0.1, 0.15) is 17.5 Å². The van der Waals surface area contributed by atoms with Gasteiger partial charge in [0.25, 0.3) is 0 Å². The Balaban J connectivity index is 1.54. The van der Waals surface area contributed by atoms with Crippen molar-refractivity contribution in [2.45, 2.75) is 25.5 Å². The van der Waals surface area contributed by atoms with Gasteiger partial charge in [-0.15, -0.1) is 0 Å². The van der Waals surface area contributed by atoms with Gasteiger partial charge in [0.05, 0.1) is 16.6 Å². The number of aliphatic imine (C=N–C) groups is 1. The number of hydrogen-bond acceptors (Lipinski definition) is 5. The summed E-state index contributed by atoms with van der Waals surface area (Å²) in [6, 6.07) is 13.8. The van der Waals surface area contributed by atoms with Crippen molar-refractivity contribution in [2.75, 3.05) is 0 Å². The zero-order chi connectivity index (χ0) is 19.7. The molecule has 2 aromatic carbocycles. The number of thioether (sulfide) groups is 1. The Kier molecular flexibility index (Phi) is 4.95. The van der Waals surface area contributed by atoms with Crippen LogP contribution in [-0.4, -0.2) is 31.1 Å². The van der Waals surface area contributed by atoms with Crippen LogP contribution in [0.15, 0.2) is 53.5 Å². The molecule has 0 spiro atoms. The summed E-state index contributed by atoms with van der Waals surface area (Å²) >= 11 is 1.38. The minimum Gasteiger partial charge on any atom is -0.304 e. The Labute approximate surface area is 165 Å². The molecule has 1 amide bonds. The van der Waals surface area contributed by atoms with Gasteiger partial charge in [0, 0.05) is 6.42 Å². The van der Waals surface area contributed by atoms with Gasteiger partial charge in [-0.25, -0.2) is 19.0 Å². The van der Waals surface area contributed by atoms with Crippen LogP contribution in [0.5, 0.6) is 0 Å². The lowest BCUT2D eigenvalue weighted by Gasteiger charge is -2.08. The predicted molar refractivity (Wildman–Crippen MR) is 108 cm³/mol. The van der Waals surface area contributed by atoms with Crippen LogP contribution in [0, 0.1) is 19.7 Å². The first-order valence-electron chi connectivity index (χ1n) is 8.79. The molecule has 8 heteroatoms. The number of aromatic nitrogens is 3. The van der Waals surface area contributed by atoms with E-state index >= 15 is 0 Å². The van der Waals surface area contributed by atoms with Gasteiger partial charge >= 0.3 is 0 Å². The molecule has 1 atom stereocenters. The van der Waals surface area contributed by atoms with E-state index in [2.05, 4.69) is 20.4 Å². The van der Waals surface area contributed by atoms with Crippen LogP contribution in [0.2, 0.25) is 0 Å². The van der Waals surface area contributed by atoms with Crippen LogP contribution < -0.4 is 5.32 Å². The molecule has 1 N–H and O–H groups in total. The Morgan fingerprint density at radius 3 is 2.57 bits per heavy atom. The van der Waals surface area contributed by atoms with Crippen molar-refractivity contribution in [3.8, 4) is 5.69 Å². The van der Waals surface area contributed by atoms with Gasteiger partial charge in [-0.1, -0.05) is 29.5 Å². The third kappa shape index (κ3) is 3.96. The average molecular weight is 395 g/mol. The van der Waals surface area contributed by atoms with Gasteiger partial charge in [-0.3, -0.25) is 4.79 Å². The Morgan fingerprint density at radius 2 is 1.86 bits per heavy atom. The molecule has 1 aliphatic heterocycles. The number of benzene rings is 2. The summed E-state index contributed by atoms with van der Waals surface area (Å²) in [5, 5.41) is 7.43. The molecule has 0 aliphatic carbocycles. The van der Waals surface area contributed by atoms with Crippen molar-refractivity contribution in [3.05, 3.63) is 71.6 Å². The number of carbonyl (C=O) groups excluding carboxylic acids is 1. The molecule has 0 radical (unpaired) electrons. The highest BCUT2D eigenvalue weighted by molar-refractivity contribution is 8.15. The van der Waals surface area contributed by atoms with Crippen molar-refractivity contribution >= 4 is 28.5 Å². The fraction of sp³-hybridized carbons (Fsp3) is 0.200. The number of nitrogens with one attached hydrogen (secondary N) is 1. The molecule has 1 saturated heterocycles. The van der Waals surface area contributed by atoms with Crippen LogP contribution in [0.25, 0.3) is 5.69 Å². The lowest BCUT2D eigenvalue weighted by atomic mass is 10.2. The van der Waals surface area contributed by atoms with E-state index in [1.165, 1.54) is 23.9 Å². The van der Waals surface area contributed by atoms with Crippen molar-refractivity contribution < 1.29 is 9.18 Å². The maximum Gasteiger partial charge on any atom is 0.239 e. The quantitative estimate of drug-likeness (QED) is 0.734. The number of rotatable bonds is 4. The first-order chi connectivity index (χ1) is 13.5. The highest BCUT2D eigenvalue weighted by Gasteiger charge is 2.32. The lowest BCUT2D eigenvalue weighted by Crippen LogP contribution is -2.26. The molecule has 142 valence electrons. The zero-order valence-electron chi connectivity index (χ0n) is 15.4. The molecule has 28 heavy (non-hydrogen) atoms. The number of halogens is 1. The van der Waals surface area contributed by atoms with Gasteiger partial charge in [-0.2, -0.15) is 5.10 Å². The molecular weight excluding hydrogens is 377 g/mol. The standard InChI is InChI=1S/C20H18FN5OS/c1-12-3-7-15(8-4-12)23-20-24-19(27)17(28-20)11-18-22-13(2)25-26(18)16-9-5-14(21)6-10-16/h3-10,17H,11H2,1-2H3,(H,23,24,27). The van der Waals surface area contributed by atoms with Gasteiger partial charge in [0.2, 0.25) is 5.91 Å². The van der Waals surface area contributed by atoms with E-state index in [0.29, 0.717) is 28.9 Å². The predicted octanol–water partition coefficient (Wildman–Crippen LogP) is 3.49. The summed E-state index contributed by atoms with van der Waals surface area (Å²) in [5.41, 5.74) is 2.65. The second kappa shape index (κ2) is 7.55. The van der Waals surface area contributed by atoms with E-state index < -0.39 is 0 Å². The van der Waals surface area contributed by atoms with Gasteiger partial charge in [0.15, 0.2) is 5.17 Å². The smallest absolute Gasteiger partial charge is 0.239 e. The number of hydrogen-bond donors (Lipinski definition) is 1. The summed E-state index contributed by atoms with van der Waals surface area (Å²) in [5.74, 6) is 0.816. The van der Waals surface area contributed by atoms with Gasteiger partial charge < -0.3 is 5.32 Å². The monoisotopic (exact) mass is 395 g/mol. The largest absolute Gasteiger partial charge is 0.304 e. The SMILES string of the molecule is Cc1ccc(N=C2NC(=O)C(Cc3nc(C)nn3-c3ccc(F)cc3)S2)cc1. The molecular formula is C20H18FN5OS. The Hall–Kier alpha value is -3.00. The zero-order valence-corrected chi connectivity index (χ0v) is 16.2. The van der Waals surface area contributed by atoms with E-state index in [9.17, 15) is 9.18 Å². The normalized spacial score (nSPS) is 17.9. The molecule has 1 fully saturated rings. The molecule has 1 aliphatic rings. The molecule has 3 aromatic rings. The summed E-state index contributed by atoms with van der Waals surface area (Å²) < 4.78 is 14.9. The fourth-order valence-corrected chi connectivity index (χ4v) is 3.86. The molecule has 2 heterocycles. The van der Waals surface area contributed by atoms with Crippen molar-refractivity contribution in [3.63, 3.8) is 0 Å². The fourth-order valence-electron chi connectivity index (χ4n) is 2.87. The lowest BCUT2D eigenvalue weighted by molar-refractivity contribution is -0.118. The number of aryl methyl sites for hydroxylation is 2. The molecule has 1 unspecified atom stereocenters. The number of amides is 1. The number of nitrogens with zero attached hydrogens (tertiary/aromatic N) is 4. The topological polar surface area (TPSA) is 72.2 Å². The molecule has 6 nitrogen and oxygen atoms in total. The van der Waals surface area contributed by atoms with E-state index in [-0.39, 0.29) is 17.0 Å². The maximum absolute atomic E-state index is 13.2. The minimum absolute atomic E-state index is 0.109. The van der Waals surface area contributed by atoms with E-state index in [0.717, 1.165) is 11.3 Å². The molecule has 0 bridgehead atoms. The molecule has 0 saturated carbocycles. The van der Waals surface area contributed by atoms with Crippen LogP contribution in [0.1, 0.15) is 17.2 Å². The van der Waals surface area contributed by atoms with E-state index in [1.54, 1.807) is 23.7 Å². The molecule has 4 rings (SSSR count). The van der Waals surface area contributed by atoms with E-state index in [4.69, 9.17) is 0 Å². The number of carbonyl (C=O) groups is 1. The maximum atomic E-state index is 13.2. The first-order valence-corrected chi connectivity index (χ1v) is 9.67. The summed E-state index contributed by atoms with van der Waals surface area (Å²) in [7, 11) is 0. The van der Waals surface area contributed by atoms with Crippen LogP contribution >= 0.6 is 11.8 Å². The summed E-state index contributed by atoms with van der Waals surface area (Å²) in [4.78, 5) is 21.4. The first kappa shape index (κ1) is 18.4. The Bertz CT molecular complexity index is 1040. The van der Waals surface area contributed by atoms with Crippen molar-refractivity contribution in [1.82, 2.24) is 20.1 Å². The third-order valence-corrected chi connectivity index (χ3v) is 5.34. The molecule has 1 aromatic heterocycles. The minimum atomic E-state index is -0.355. The van der Waals surface area contributed by atoms with E-state index in [1.807, 2.05) is 31.2 Å². The average Bonchev–Trinajstić information content (AvgIpc) is 3.20. The van der Waals surface area contributed by atoms with Crippen LogP contribution in [0.4, 0.5) is 10.1 Å². The van der Waals surface area contributed by atoms with Crippen LogP contribution in [0.3, 0.4) is 0 Å².